The topological polar surface area (TPSA) is 76.1 Å². The average molecular weight is 257 g/mol. The van der Waals surface area contributed by atoms with Crippen LogP contribution in [0.15, 0.2) is 6.20 Å². The minimum absolute atomic E-state index is 0.0838. The second-order valence-electron chi connectivity index (χ2n) is 3.72. The van der Waals surface area contributed by atoms with E-state index >= 15 is 0 Å². The minimum Gasteiger partial charge on any atom is -0.385 e. The van der Waals surface area contributed by atoms with Gasteiger partial charge in [-0.05, 0) is 24.4 Å². The molecular weight excluding hydrogens is 244 g/mol. The first kappa shape index (κ1) is 12.1. The molecular formula is C10H13ClN4O2. The Hall–Kier alpha value is -1.40. The molecule has 0 spiro atoms. The molecule has 92 valence electrons. The van der Waals surface area contributed by atoms with Crippen LogP contribution in [0.3, 0.4) is 0 Å². The number of ether oxygens (including phenoxy) is 1. The zero-order valence-corrected chi connectivity index (χ0v) is 10.1. The van der Waals surface area contributed by atoms with E-state index in [9.17, 15) is 4.79 Å². The van der Waals surface area contributed by atoms with Gasteiger partial charge >= 0.3 is 0 Å². The van der Waals surface area contributed by atoms with Crippen molar-refractivity contribution in [3.8, 4) is 0 Å². The van der Waals surface area contributed by atoms with Crippen molar-refractivity contribution in [1.29, 1.82) is 0 Å². The number of anilines is 2. The number of methoxy groups -OCH3 is 1. The Morgan fingerprint density at radius 1 is 1.59 bits per heavy atom. The molecule has 0 radical (unpaired) electrons. The average Bonchev–Trinajstić information content (AvgIpc) is 2.31. The van der Waals surface area contributed by atoms with Gasteiger partial charge in [0.2, 0.25) is 11.2 Å². The van der Waals surface area contributed by atoms with Crippen LogP contribution in [-0.4, -0.2) is 35.6 Å². The number of fused-ring (bicyclic) bond motifs is 1. The lowest BCUT2D eigenvalue weighted by Gasteiger charge is -2.25. The van der Waals surface area contributed by atoms with Crippen LogP contribution >= 0.6 is 11.6 Å². The molecule has 17 heavy (non-hydrogen) atoms. The predicted molar refractivity (Wildman–Crippen MR) is 64.2 cm³/mol. The first-order chi connectivity index (χ1) is 8.20. The monoisotopic (exact) mass is 256 g/mol. The van der Waals surface area contributed by atoms with Crippen LogP contribution in [0.2, 0.25) is 5.28 Å². The number of aromatic nitrogens is 2. The fraction of sp³-hybridized carbons (Fsp3) is 0.500. The number of nitrogens with zero attached hydrogens (tertiary/aromatic N) is 2. The van der Waals surface area contributed by atoms with Crippen LogP contribution < -0.4 is 10.6 Å². The highest BCUT2D eigenvalue weighted by molar-refractivity contribution is 6.28. The Kier molecular flexibility index (Phi) is 3.75. The fourth-order valence-electron chi connectivity index (χ4n) is 1.65. The van der Waals surface area contributed by atoms with Gasteiger partial charge in [0.1, 0.15) is 11.7 Å². The molecule has 1 atom stereocenters. The van der Waals surface area contributed by atoms with Crippen molar-refractivity contribution < 1.29 is 9.53 Å². The van der Waals surface area contributed by atoms with Gasteiger partial charge in [-0.1, -0.05) is 0 Å². The van der Waals surface area contributed by atoms with E-state index in [0.29, 0.717) is 24.5 Å². The van der Waals surface area contributed by atoms with Gasteiger partial charge in [-0.15, -0.1) is 0 Å². The highest BCUT2D eigenvalue weighted by Gasteiger charge is 2.26. The van der Waals surface area contributed by atoms with E-state index in [1.165, 1.54) is 6.20 Å². The van der Waals surface area contributed by atoms with E-state index in [-0.39, 0.29) is 17.2 Å². The summed E-state index contributed by atoms with van der Waals surface area (Å²) in [5.41, 5.74) is 0.558. The van der Waals surface area contributed by atoms with Crippen LogP contribution in [0.1, 0.15) is 12.8 Å². The third-order valence-corrected chi connectivity index (χ3v) is 2.67. The van der Waals surface area contributed by atoms with E-state index in [0.717, 1.165) is 6.42 Å². The number of halogens is 1. The van der Waals surface area contributed by atoms with E-state index < -0.39 is 0 Å². The van der Waals surface area contributed by atoms with Gasteiger partial charge < -0.3 is 15.4 Å². The maximum Gasteiger partial charge on any atom is 0.247 e. The predicted octanol–water partition coefficient (Wildman–Crippen LogP) is 1.29. The summed E-state index contributed by atoms with van der Waals surface area (Å²) in [5.74, 6) is 0.478. The third-order valence-electron chi connectivity index (χ3n) is 2.49. The first-order valence-electron chi connectivity index (χ1n) is 5.29. The quantitative estimate of drug-likeness (QED) is 0.627. The van der Waals surface area contributed by atoms with Gasteiger partial charge in [-0.3, -0.25) is 4.79 Å². The number of carbonyl (C=O) groups excluding carboxylic acids is 1. The van der Waals surface area contributed by atoms with Gasteiger partial charge in [-0.25, -0.2) is 4.98 Å². The molecule has 0 aliphatic carbocycles. The Labute approximate surface area is 104 Å². The zero-order chi connectivity index (χ0) is 12.3. The van der Waals surface area contributed by atoms with Crippen LogP contribution in [-0.2, 0) is 9.53 Å². The molecule has 1 aromatic rings. The van der Waals surface area contributed by atoms with Crippen molar-refractivity contribution in [2.75, 3.05) is 24.4 Å². The Morgan fingerprint density at radius 2 is 2.41 bits per heavy atom. The number of amides is 1. The minimum atomic E-state index is -0.302. The summed E-state index contributed by atoms with van der Waals surface area (Å²) < 4.78 is 4.95. The smallest absolute Gasteiger partial charge is 0.247 e. The normalized spacial score (nSPS) is 18.2. The van der Waals surface area contributed by atoms with Crippen molar-refractivity contribution >= 4 is 29.0 Å². The summed E-state index contributed by atoms with van der Waals surface area (Å²) in [6.45, 7) is 0.628. The van der Waals surface area contributed by atoms with Crippen molar-refractivity contribution in [2.45, 2.75) is 18.9 Å². The third kappa shape index (κ3) is 2.83. The Bertz CT molecular complexity index is 427. The number of carbonyl (C=O) groups is 1. The molecule has 0 saturated heterocycles. The second kappa shape index (κ2) is 5.29. The van der Waals surface area contributed by atoms with Gasteiger partial charge in [0.05, 0.1) is 6.20 Å². The lowest BCUT2D eigenvalue weighted by molar-refractivity contribution is -0.117. The summed E-state index contributed by atoms with van der Waals surface area (Å²) in [6, 6.07) is -0.302. The number of nitrogens with one attached hydrogen (secondary N) is 2. The molecule has 0 saturated carbocycles. The van der Waals surface area contributed by atoms with Crippen molar-refractivity contribution in [3.05, 3.63) is 11.5 Å². The van der Waals surface area contributed by atoms with E-state index in [1.807, 2.05) is 0 Å². The van der Waals surface area contributed by atoms with E-state index in [2.05, 4.69) is 20.6 Å². The van der Waals surface area contributed by atoms with Crippen molar-refractivity contribution in [3.63, 3.8) is 0 Å². The molecule has 6 nitrogen and oxygen atoms in total. The maximum atomic E-state index is 11.7. The van der Waals surface area contributed by atoms with E-state index in [4.69, 9.17) is 16.3 Å². The van der Waals surface area contributed by atoms with Crippen molar-refractivity contribution in [2.24, 2.45) is 0 Å². The lowest BCUT2D eigenvalue weighted by atomic mass is 10.1. The molecule has 7 heteroatoms. The maximum absolute atomic E-state index is 11.7. The summed E-state index contributed by atoms with van der Waals surface area (Å²) in [6.07, 6.45) is 2.97. The summed E-state index contributed by atoms with van der Waals surface area (Å²) in [4.78, 5) is 19.6. The molecule has 1 aromatic heterocycles. The molecule has 1 aliphatic rings. The fourth-order valence-corrected chi connectivity index (χ4v) is 1.78. The highest BCUT2D eigenvalue weighted by Crippen LogP contribution is 2.25. The molecule has 0 fully saturated rings. The molecule has 2 N–H and O–H groups in total. The number of hydrogen-bond acceptors (Lipinski definition) is 5. The first-order valence-corrected chi connectivity index (χ1v) is 5.67. The van der Waals surface area contributed by atoms with E-state index in [1.54, 1.807) is 7.11 Å². The molecule has 1 aliphatic heterocycles. The molecule has 0 aromatic carbocycles. The van der Waals surface area contributed by atoms with Gasteiger partial charge in [0.15, 0.2) is 5.82 Å². The number of rotatable bonds is 4. The largest absolute Gasteiger partial charge is 0.385 e. The SMILES string of the molecule is COCCCC1Nc2nc(Cl)ncc2NC1=O. The highest BCUT2D eigenvalue weighted by atomic mass is 35.5. The Balaban J connectivity index is 2.06. The zero-order valence-electron chi connectivity index (χ0n) is 9.36. The van der Waals surface area contributed by atoms with Gasteiger partial charge in [0, 0.05) is 13.7 Å². The standard InChI is InChI=1S/C10H13ClN4O2/c1-17-4-2-3-6-9(16)14-7-5-12-10(11)15-8(7)13-6/h5-6H,2-4H2,1H3,(H,14,16)(H,12,13,15). The summed E-state index contributed by atoms with van der Waals surface area (Å²) >= 11 is 5.69. The molecule has 2 rings (SSSR count). The summed E-state index contributed by atoms with van der Waals surface area (Å²) in [5, 5.41) is 5.94. The van der Waals surface area contributed by atoms with Crippen LogP contribution in [0, 0.1) is 0 Å². The van der Waals surface area contributed by atoms with Crippen molar-refractivity contribution in [1.82, 2.24) is 9.97 Å². The summed E-state index contributed by atoms with van der Waals surface area (Å²) in [7, 11) is 1.64. The second-order valence-corrected chi connectivity index (χ2v) is 4.06. The van der Waals surface area contributed by atoms with Crippen LogP contribution in [0.25, 0.3) is 0 Å². The molecule has 1 unspecified atom stereocenters. The molecule has 0 bridgehead atoms. The molecule has 2 heterocycles. The molecule has 1 amide bonds. The van der Waals surface area contributed by atoms with Gasteiger partial charge in [0.25, 0.3) is 0 Å². The Morgan fingerprint density at radius 3 is 3.18 bits per heavy atom. The number of hydrogen-bond donors (Lipinski definition) is 2. The van der Waals surface area contributed by atoms with Crippen LogP contribution in [0.5, 0.6) is 0 Å². The van der Waals surface area contributed by atoms with Crippen LogP contribution in [0.4, 0.5) is 11.5 Å². The van der Waals surface area contributed by atoms with Gasteiger partial charge in [-0.2, -0.15) is 4.98 Å². The lowest BCUT2D eigenvalue weighted by Crippen LogP contribution is -2.39.